The molecule has 3 heteroatoms. The van der Waals surface area contributed by atoms with Gasteiger partial charge in [0.15, 0.2) is 5.78 Å². The molecular weight excluding hydrogens is 264 g/mol. The lowest BCUT2D eigenvalue weighted by molar-refractivity contribution is -0.161. The first kappa shape index (κ1) is 13.5. The predicted molar refractivity (Wildman–Crippen MR) is 78.6 cm³/mol. The average molecular weight is 288 g/mol. The number of allylic oxidation sites excluding steroid dienone is 2. The van der Waals surface area contributed by atoms with Crippen molar-refractivity contribution in [2.24, 2.45) is 34.5 Å². The Hall–Kier alpha value is -1.12. The van der Waals surface area contributed by atoms with Gasteiger partial charge in [-0.2, -0.15) is 0 Å². The van der Waals surface area contributed by atoms with Crippen molar-refractivity contribution in [3.8, 4) is 0 Å². The van der Waals surface area contributed by atoms with Crippen LogP contribution in [0.15, 0.2) is 12.2 Å². The van der Waals surface area contributed by atoms with Gasteiger partial charge in [-0.25, -0.2) is 0 Å². The fourth-order valence-electron chi connectivity index (χ4n) is 6.73. The second kappa shape index (κ2) is 4.21. The van der Waals surface area contributed by atoms with Crippen LogP contribution in [0.1, 0.15) is 51.9 Å². The Labute approximate surface area is 125 Å². The maximum Gasteiger partial charge on any atom is 0.303 e. The van der Waals surface area contributed by atoms with Crippen molar-refractivity contribution in [2.75, 3.05) is 0 Å². The van der Waals surface area contributed by atoms with E-state index in [1.165, 1.54) is 32.1 Å². The lowest BCUT2D eigenvalue weighted by Crippen LogP contribution is -2.60. The van der Waals surface area contributed by atoms with Gasteiger partial charge < -0.3 is 5.11 Å². The van der Waals surface area contributed by atoms with E-state index < -0.39 is 11.4 Å². The fraction of sp³-hybridized carbons (Fsp3) is 0.778. The molecule has 0 heterocycles. The van der Waals surface area contributed by atoms with Crippen molar-refractivity contribution in [3.63, 3.8) is 0 Å². The normalized spacial score (nSPS) is 50.2. The molecule has 21 heavy (non-hydrogen) atoms. The minimum absolute atomic E-state index is 0.113. The van der Waals surface area contributed by atoms with Gasteiger partial charge in [-0.05, 0) is 73.7 Å². The topological polar surface area (TPSA) is 54.4 Å². The largest absolute Gasteiger partial charge is 0.481 e. The molecule has 0 aliphatic heterocycles. The fourth-order valence-corrected chi connectivity index (χ4v) is 6.73. The minimum atomic E-state index is -0.781. The standard InChI is InChI=1S/C18H24O3/c1-17(4-3-15(20)21)14(19)2-5-18-9-11-6-12(10-18)8-13(7-11)16(17)18/h2,5,11-13,16H,3-4,6-10H2,1H3,(H,20,21)/t11?,12?,13?,16-,17+,18?/m0/s1. The number of aliphatic carboxylic acids is 1. The van der Waals surface area contributed by atoms with Gasteiger partial charge in [-0.1, -0.05) is 13.0 Å². The summed E-state index contributed by atoms with van der Waals surface area (Å²) in [6, 6.07) is 0. The Bertz CT molecular complexity index is 521. The minimum Gasteiger partial charge on any atom is -0.481 e. The molecule has 0 aromatic carbocycles. The average Bonchev–Trinajstić information content (AvgIpc) is 2.40. The molecule has 0 aromatic rings. The van der Waals surface area contributed by atoms with Crippen LogP contribution in [0.25, 0.3) is 0 Å². The van der Waals surface area contributed by atoms with Gasteiger partial charge in [0, 0.05) is 11.8 Å². The molecule has 1 spiro atoms. The van der Waals surface area contributed by atoms with Crippen LogP contribution in [-0.4, -0.2) is 16.9 Å². The highest BCUT2D eigenvalue weighted by atomic mass is 16.4. The SMILES string of the molecule is C[C@@]1(CCC(=O)O)C(=O)C=CC23CC4CC(CC(C4)[C@H]21)C3. The summed E-state index contributed by atoms with van der Waals surface area (Å²) in [5.41, 5.74) is -0.249. The van der Waals surface area contributed by atoms with Crippen molar-refractivity contribution >= 4 is 11.8 Å². The molecule has 4 saturated carbocycles. The Morgan fingerprint density at radius 2 is 1.95 bits per heavy atom. The Balaban J connectivity index is 1.74. The number of carbonyl (C=O) groups is 2. The zero-order chi connectivity index (χ0) is 14.8. The second-order valence-corrected chi connectivity index (χ2v) is 8.33. The van der Waals surface area contributed by atoms with E-state index in [0.29, 0.717) is 18.3 Å². The highest BCUT2D eigenvalue weighted by molar-refractivity contribution is 5.96. The smallest absolute Gasteiger partial charge is 0.303 e. The van der Waals surface area contributed by atoms with E-state index in [1.54, 1.807) is 6.08 Å². The number of hydrogen-bond donors (Lipinski definition) is 1. The Morgan fingerprint density at radius 1 is 1.29 bits per heavy atom. The molecule has 0 saturated heterocycles. The van der Waals surface area contributed by atoms with Crippen LogP contribution in [0.4, 0.5) is 0 Å². The first-order valence-electron chi connectivity index (χ1n) is 8.38. The maximum absolute atomic E-state index is 12.6. The molecule has 4 fully saturated rings. The molecular formula is C18H24O3. The second-order valence-electron chi connectivity index (χ2n) is 8.33. The summed E-state index contributed by atoms with van der Waals surface area (Å²) in [5, 5.41) is 9.06. The number of rotatable bonds is 3. The highest BCUT2D eigenvalue weighted by Crippen LogP contribution is 2.69. The third-order valence-corrected chi connectivity index (χ3v) is 7.04. The Kier molecular flexibility index (Phi) is 2.71. The van der Waals surface area contributed by atoms with Crippen LogP contribution >= 0.6 is 0 Å². The van der Waals surface area contributed by atoms with Gasteiger partial charge in [-0.15, -0.1) is 0 Å². The number of hydrogen-bond acceptors (Lipinski definition) is 2. The molecule has 1 N–H and O–H groups in total. The van der Waals surface area contributed by atoms with Crippen molar-refractivity contribution in [2.45, 2.75) is 51.9 Å². The molecule has 0 amide bonds. The molecule has 2 unspecified atom stereocenters. The lowest BCUT2D eigenvalue weighted by Gasteiger charge is -2.65. The van der Waals surface area contributed by atoms with Crippen molar-refractivity contribution in [1.29, 1.82) is 0 Å². The summed E-state index contributed by atoms with van der Waals surface area (Å²) in [6.07, 6.45) is 11.0. The summed E-state index contributed by atoms with van der Waals surface area (Å²) in [7, 11) is 0. The Morgan fingerprint density at radius 3 is 2.57 bits per heavy atom. The van der Waals surface area contributed by atoms with Crippen LogP contribution in [-0.2, 0) is 9.59 Å². The van der Waals surface area contributed by atoms with E-state index in [2.05, 4.69) is 13.0 Å². The highest BCUT2D eigenvalue weighted by Gasteiger charge is 2.63. The summed E-state index contributed by atoms with van der Waals surface area (Å²) in [4.78, 5) is 23.6. The van der Waals surface area contributed by atoms with E-state index in [0.717, 1.165) is 11.8 Å². The monoisotopic (exact) mass is 288 g/mol. The number of carboxylic acid groups (broad SMARTS) is 1. The molecule has 5 aliphatic carbocycles. The molecule has 0 radical (unpaired) electrons. The van der Waals surface area contributed by atoms with Crippen LogP contribution in [0, 0.1) is 34.5 Å². The number of carboxylic acids is 1. The predicted octanol–water partition coefficient (Wildman–Crippen LogP) is 3.44. The molecule has 4 atom stereocenters. The van der Waals surface area contributed by atoms with E-state index >= 15 is 0 Å². The molecule has 114 valence electrons. The van der Waals surface area contributed by atoms with Crippen LogP contribution in [0.3, 0.4) is 0 Å². The van der Waals surface area contributed by atoms with Crippen LogP contribution in [0.5, 0.6) is 0 Å². The van der Waals surface area contributed by atoms with Crippen molar-refractivity contribution in [3.05, 3.63) is 12.2 Å². The van der Waals surface area contributed by atoms with Gasteiger partial charge in [0.25, 0.3) is 0 Å². The first-order chi connectivity index (χ1) is 9.93. The zero-order valence-corrected chi connectivity index (χ0v) is 12.7. The van der Waals surface area contributed by atoms with Gasteiger partial charge in [0.05, 0.1) is 0 Å². The van der Waals surface area contributed by atoms with E-state index in [-0.39, 0.29) is 17.6 Å². The van der Waals surface area contributed by atoms with E-state index in [9.17, 15) is 9.59 Å². The van der Waals surface area contributed by atoms with Crippen LogP contribution < -0.4 is 0 Å². The summed E-state index contributed by atoms with van der Waals surface area (Å²) < 4.78 is 0. The van der Waals surface area contributed by atoms with Gasteiger partial charge >= 0.3 is 5.97 Å². The van der Waals surface area contributed by atoms with E-state index in [4.69, 9.17) is 5.11 Å². The molecule has 5 aliphatic rings. The summed E-state index contributed by atoms with van der Waals surface area (Å²) in [6.45, 7) is 2.05. The van der Waals surface area contributed by atoms with E-state index in [1.807, 2.05) is 0 Å². The maximum atomic E-state index is 12.6. The van der Waals surface area contributed by atoms with Crippen molar-refractivity contribution < 1.29 is 14.7 Å². The third-order valence-electron chi connectivity index (χ3n) is 7.04. The quantitative estimate of drug-likeness (QED) is 0.865. The van der Waals surface area contributed by atoms with Gasteiger partial charge in [0.2, 0.25) is 0 Å². The van der Waals surface area contributed by atoms with Crippen LogP contribution in [0.2, 0.25) is 0 Å². The first-order valence-corrected chi connectivity index (χ1v) is 8.38. The third kappa shape index (κ3) is 1.79. The summed E-state index contributed by atoms with van der Waals surface area (Å²) >= 11 is 0. The molecule has 3 nitrogen and oxygen atoms in total. The van der Waals surface area contributed by atoms with Gasteiger partial charge in [0.1, 0.15) is 0 Å². The summed E-state index contributed by atoms with van der Waals surface area (Å²) in [5.74, 6) is 2.11. The molecule has 0 aromatic heterocycles. The number of carbonyl (C=O) groups excluding carboxylic acids is 1. The molecule has 4 bridgehead atoms. The number of ketones is 1. The van der Waals surface area contributed by atoms with Gasteiger partial charge in [-0.3, -0.25) is 9.59 Å². The zero-order valence-electron chi connectivity index (χ0n) is 12.7. The molecule has 5 rings (SSSR count). The lowest BCUT2D eigenvalue weighted by atomic mass is 9.38. The van der Waals surface area contributed by atoms with Crippen molar-refractivity contribution in [1.82, 2.24) is 0 Å².